The summed E-state index contributed by atoms with van der Waals surface area (Å²) < 4.78 is 0. The average Bonchev–Trinajstić information content (AvgIpc) is 2.42. The van der Waals surface area contributed by atoms with Crippen LogP contribution < -0.4 is 5.32 Å². The summed E-state index contributed by atoms with van der Waals surface area (Å²) in [5.74, 6) is 0.872. The minimum Gasteiger partial charge on any atom is -0.383 e. The third-order valence-electron chi connectivity index (χ3n) is 3.72. The Morgan fingerprint density at radius 2 is 2.16 bits per heavy atom. The zero-order valence-corrected chi connectivity index (χ0v) is 12.1. The van der Waals surface area contributed by atoms with Gasteiger partial charge in [-0.1, -0.05) is 18.5 Å². The highest BCUT2D eigenvalue weighted by molar-refractivity contribution is 6.33. The number of rotatable bonds is 4. The third kappa shape index (κ3) is 4.12. The van der Waals surface area contributed by atoms with Gasteiger partial charge in [0.1, 0.15) is 0 Å². The van der Waals surface area contributed by atoms with Crippen molar-refractivity contribution >= 4 is 17.3 Å². The summed E-state index contributed by atoms with van der Waals surface area (Å²) >= 11 is 6.12. The maximum Gasteiger partial charge on any atom is 0.0992 e. The van der Waals surface area contributed by atoms with E-state index < -0.39 is 0 Å². The smallest absolute Gasteiger partial charge is 0.0992 e. The first-order chi connectivity index (χ1) is 9.19. The molecule has 0 spiro atoms. The zero-order chi connectivity index (χ0) is 13.7. The average molecular weight is 278 g/mol. The molecule has 1 aromatic rings. The van der Waals surface area contributed by atoms with Crippen molar-refractivity contribution in [1.29, 1.82) is 5.26 Å². The fraction of sp³-hybridized carbons (Fsp3) is 0.533. The monoisotopic (exact) mass is 277 g/mol. The molecular weight excluding hydrogens is 258 g/mol. The second-order valence-electron chi connectivity index (χ2n) is 5.26. The molecular formula is C15H20ClN3. The van der Waals surface area contributed by atoms with Crippen molar-refractivity contribution in [3.8, 4) is 6.07 Å². The highest BCUT2D eigenvalue weighted by Gasteiger charge is 2.14. The summed E-state index contributed by atoms with van der Waals surface area (Å²) in [6, 6.07) is 7.45. The van der Waals surface area contributed by atoms with Gasteiger partial charge in [-0.05, 0) is 50.0 Å². The predicted molar refractivity (Wildman–Crippen MR) is 79.5 cm³/mol. The number of nitrogens with one attached hydrogen (secondary N) is 1. The van der Waals surface area contributed by atoms with E-state index in [1.807, 2.05) is 6.07 Å². The van der Waals surface area contributed by atoms with E-state index in [4.69, 9.17) is 16.9 Å². The first-order valence-corrected chi connectivity index (χ1v) is 7.22. The highest BCUT2D eigenvalue weighted by atomic mass is 35.5. The number of piperidine rings is 1. The second-order valence-corrected chi connectivity index (χ2v) is 5.66. The van der Waals surface area contributed by atoms with Crippen molar-refractivity contribution in [1.82, 2.24) is 4.90 Å². The Kier molecular flexibility index (Phi) is 5.07. The SMILES string of the molecule is CC1CCN(CCNc2ccc(C#N)cc2Cl)CC1. The van der Waals surface area contributed by atoms with Crippen LogP contribution in [0.1, 0.15) is 25.3 Å². The number of likely N-dealkylation sites (tertiary alicyclic amines) is 1. The fourth-order valence-corrected chi connectivity index (χ4v) is 2.61. The zero-order valence-electron chi connectivity index (χ0n) is 11.3. The number of halogens is 1. The molecule has 1 saturated heterocycles. The molecule has 0 saturated carbocycles. The molecule has 1 fully saturated rings. The largest absolute Gasteiger partial charge is 0.383 e. The van der Waals surface area contributed by atoms with Gasteiger partial charge in [-0.2, -0.15) is 5.26 Å². The van der Waals surface area contributed by atoms with Crippen LogP contribution >= 0.6 is 11.6 Å². The van der Waals surface area contributed by atoms with Crippen LogP contribution in [0.3, 0.4) is 0 Å². The Morgan fingerprint density at radius 1 is 1.42 bits per heavy atom. The van der Waals surface area contributed by atoms with Crippen molar-refractivity contribution in [2.45, 2.75) is 19.8 Å². The maximum atomic E-state index is 8.78. The van der Waals surface area contributed by atoms with Gasteiger partial charge >= 0.3 is 0 Å². The standard InChI is InChI=1S/C15H20ClN3/c1-12-4-7-19(8-5-12)9-6-18-15-3-2-13(11-17)10-14(15)16/h2-3,10,12,18H,4-9H2,1H3. The number of benzene rings is 1. The van der Waals surface area contributed by atoms with E-state index >= 15 is 0 Å². The lowest BCUT2D eigenvalue weighted by molar-refractivity contribution is 0.199. The summed E-state index contributed by atoms with van der Waals surface area (Å²) in [6.45, 7) is 6.66. The highest BCUT2D eigenvalue weighted by Crippen LogP contribution is 2.22. The molecule has 0 amide bonds. The van der Waals surface area contributed by atoms with Crippen molar-refractivity contribution in [3.63, 3.8) is 0 Å². The minimum atomic E-state index is 0.598. The molecule has 3 nitrogen and oxygen atoms in total. The molecule has 1 aliphatic heterocycles. The van der Waals surface area contributed by atoms with Crippen LogP contribution in [0.4, 0.5) is 5.69 Å². The summed E-state index contributed by atoms with van der Waals surface area (Å²) in [7, 11) is 0. The van der Waals surface area contributed by atoms with Gasteiger partial charge in [0.05, 0.1) is 22.3 Å². The number of hydrogen-bond acceptors (Lipinski definition) is 3. The molecule has 0 aromatic heterocycles. The molecule has 0 bridgehead atoms. The predicted octanol–water partition coefficient (Wildman–Crippen LogP) is 3.36. The lowest BCUT2D eigenvalue weighted by Crippen LogP contribution is -2.36. The van der Waals surface area contributed by atoms with Crippen LogP contribution in [0.5, 0.6) is 0 Å². The molecule has 0 unspecified atom stereocenters. The quantitative estimate of drug-likeness (QED) is 0.917. The topological polar surface area (TPSA) is 39.1 Å². The Bertz CT molecular complexity index is 459. The van der Waals surface area contributed by atoms with E-state index in [1.165, 1.54) is 25.9 Å². The second kappa shape index (κ2) is 6.79. The molecule has 0 aliphatic carbocycles. The number of nitrogens with zero attached hydrogens (tertiary/aromatic N) is 2. The lowest BCUT2D eigenvalue weighted by atomic mass is 9.99. The Hall–Kier alpha value is -1.24. The fourth-order valence-electron chi connectivity index (χ4n) is 2.36. The first kappa shape index (κ1) is 14.2. The van der Waals surface area contributed by atoms with Crippen molar-refractivity contribution in [2.75, 3.05) is 31.5 Å². The van der Waals surface area contributed by atoms with Crippen molar-refractivity contribution in [3.05, 3.63) is 28.8 Å². The van der Waals surface area contributed by atoms with E-state index in [9.17, 15) is 0 Å². The normalized spacial score (nSPS) is 17.1. The van der Waals surface area contributed by atoms with Gasteiger partial charge in [-0.25, -0.2) is 0 Å². The summed E-state index contributed by atoms with van der Waals surface area (Å²) in [5, 5.41) is 12.7. The molecule has 1 heterocycles. The molecule has 4 heteroatoms. The Labute approximate surface area is 120 Å². The summed E-state index contributed by atoms with van der Waals surface area (Å²) in [6.07, 6.45) is 2.61. The van der Waals surface area contributed by atoms with Crippen LogP contribution in [0.25, 0.3) is 0 Å². The maximum absolute atomic E-state index is 8.78. The van der Waals surface area contributed by atoms with Crippen molar-refractivity contribution in [2.24, 2.45) is 5.92 Å². The van der Waals surface area contributed by atoms with E-state index in [0.717, 1.165) is 24.7 Å². The molecule has 102 valence electrons. The Balaban J connectivity index is 1.78. The van der Waals surface area contributed by atoms with Crippen LogP contribution in [0.15, 0.2) is 18.2 Å². The summed E-state index contributed by atoms with van der Waals surface area (Å²) in [5.41, 5.74) is 1.51. The van der Waals surface area contributed by atoms with Gasteiger partial charge in [0.15, 0.2) is 0 Å². The Morgan fingerprint density at radius 3 is 2.79 bits per heavy atom. The summed E-state index contributed by atoms with van der Waals surface area (Å²) in [4.78, 5) is 2.49. The van der Waals surface area contributed by atoms with Crippen molar-refractivity contribution < 1.29 is 0 Å². The van der Waals surface area contributed by atoms with E-state index in [-0.39, 0.29) is 0 Å². The minimum absolute atomic E-state index is 0.598. The van der Waals surface area contributed by atoms with E-state index in [0.29, 0.717) is 10.6 Å². The molecule has 0 radical (unpaired) electrons. The molecule has 1 aromatic carbocycles. The van der Waals surface area contributed by atoms with Crippen LogP contribution in [0, 0.1) is 17.2 Å². The number of anilines is 1. The van der Waals surface area contributed by atoms with Gasteiger partial charge < -0.3 is 10.2 Å². The molecule has 0 atom stereocenters. The van der Waals surface area contributed by atoms with Gasteiger partial charge in [0, 0.05) is 13.1 Å². The molecule has 2 rings (SSSR count). The molecule has 1 N–H and O–H groups in total. The van der Waals surface area contributed by atoms with Gasteiger partial charge in [0.2, 0.25) is 0 Å². The number of hydrogen-bond donors (Lipinski definition) is 1. The van der Waals surface area contributed by atoms with Gasteiger partial charge in [-0.3, -0.25) is 0 Å². The molecule has 1 aliphatic rings. The van der Waals surface area contributed by atoms with Crippen LogP contribution in [0.2, 0.25) is 5.02 Å². The van der Waals surface area contributed by atoms with Crippen LogP contribution in [-0.4, -0.2) is 31.1 Å². The first-order valence-electron chi connectivity index (χ1n) is 6.85. The van der Waals surface area contributed by atoms with E-state index in [2.05, 4.69) is 23.2 Å². The number of nitriles is 1. The lowest BCUT2D eigenvalue weighted by Gasteiger charge is -2.30. The van der Waals surface area contributed by atoms with Gasteiger partial charge in [0.25, 0.3) is 0 Å². The molecule has 19 heavy (non-hydrogen) atoms. The van der Waals surface area contributed by atoms with Crippen LogP contribution in [-0.2, 0) is 0 Å². The third-order valence-corrected chi connectivity index (χ3v) is 4.03. The van der Waals surface area contributed by atoms with E-state index in [1.54, 1.807) is 12.1 Å². The van der Waals surface area contributed by atoms with Gasteiger partial charge in [-0.15, -0.1) is 0 Å².